The maximum Gasteiger partial charge on any atom is 0.277 e. The second kappa shape index (κ2) is 6.24. The van der Waals surface area contributed by atoms with Gasteiger partial charge in [-0.3, -0.25) is 4.79 Å². The summed E-state index contributed by atoms with van der Waals surface area (Å²) in [7, 11) is 0. The van der Waals surface area contributed by atoms with Gasteiger partial charge in [0.1, 0.15) is 0 Å². The smallest absolute Gasteiger partial charge is 0.277 e. The summed E-state index contributed by atoms with van der Waals surface area (Å²) < 4.78 is 0.940. The van der Waals surface area contributed by atoms with E-state index >= 15 is 0 Å². The molecule has 1 aliphatic rings. The molecule has 0 aromatic rings. The number of likely N-dealkylation sites (N-methyl/N-ethyl adjacent to an activating group) is 1. The molecule has 1 fully saturated rings. The van der Waals surface area contributed by atoms with Crippen LogP contribution in [0.3, 0.4) is 0 Å². The maximum atomic E-state index is 12.2. The normalized spacial score (nSPS) is 17.6. The molecule has 0 aromatic carbocycles. The highest BCUT2D eigenvalue weighted by molar-refractivity contribution is 5.77. The van der Waals surface area contributed by atoms with E-state index in [0.29, 0.717) is 12.5 Å². The van der Waals surface area contributed by atoms with Crippen molar-refractivity contribution >= 4 is 5.91 Å². The lowest BCUT2D eigenvalue weighted by Crippen LogP contribution is -2.54. The van der Waals surface area contributed by atoms with E-state index in [9.17, 15) is 4.79 Å². The van der Waals surface area contributed by atoms with Gasteiger partial charge in [0.25, 0.3) is 5.91 Å². The quantitative estimate of drug-likeness (QED) is 0.657. The van der Waals surface area contributed by atoms with Gasteiger partial charge in [0.15, 0.2) is 6.54 Å². The minimum Gasteiger partial charge on any atom is -0.338 e. The zero-order valence-corrected chi connectivity index (χ0v) is 11.2. The van der Waals surface area contributed by atoms with Gasteiger partial charge in [0, 0.05) is 13.1 Å². The summed E-state index contributed by atoms with van der Waals surface area (Å²) in [6.45, 7) is 12.4. The van der Waals surface area contributed by atoms with E-state index in [1.807, 2.05) is 0 Å². The van der Waals surface area contributed by atoms with Crippen LogP contribution in [0.2, 0.25) is 0 Å². The Kier molecular flexibility index (Phi) is 5.26. The first-order valence-corrected chi connectivity index (χ1v) is 6.80. The molecular weight excluding hydrogens is 200 g/mol. The highest BCUT2D eigenvalue weighted by Crippen LogP contribution is 2.12. The number of carbonyl (C=O) groups is 1. The summed E-state index contributed by atoms with van der Waals surface area (Å²) in [6, 6.07) is 0. The average molecular weight is 227 g/mol. The van der Waals surface area contributed by atoms with E-state index in [1.54, 1.807) is 0 Å². The Morgan fingerprint density at radius 2 is 1.50 bits per heavy atom. The molecule has 16 heavy (non-hydrogen) atoms. The third-order valence-electron chi connectivity index (χ3n) is 4.19. The number of hydrogen-bond acceptors (Lipinski definition) is 1. The first kappa shape index (κ1) is 13.5. The van der Waals surface area contributed by atoms with Crippen molar-refractivity contribution in [3.05, 3.63) is 0 Å². The largest absolute Gasteiger partial charge is 0.338 e. The van der Waals surface area contributed by atoms with Gasteiger partial charge in [0.2, 0.25) is 0 Å². The molecule has 1 amide bonds. The molecule has 94 valence electrons. The molecule has 0 saturated carbocycles. The maximum absolute atomic E-state index is 12.2. The number of nitrogens with zero attached hydrogens (tertiary/aromatic N) is 2. The van der Waals surface area contributed by atoms with Crippen molar-refractivity contribution in [3.8, 4) is 0 Å². The van der Waals surface area contributed by atoms with Gasteiger partial charge in [-0.05, 0) is 40.0 Å². The fraction of sp³-hybridized carbons (Fsp3) is 0.923. The molecule has 0 spiro atoms. The Morgan fingerprint density at radius 3 is 1.94 bits per heavy atom. The summed E-state index contributed by atoms with van der Waals surface area (Å²) in [5, 5.41) is 0. The molecule has 1 saturated heterocycles. The van der Waals surface area contributed by atoms with Crippen LogP contribution in [0.1, 0.15) is 40.0 Å². The number of hydrogen-bond donors (Lipinski definition) is 0. The standard InChI is InChI=1S/C13H27N2O/c1-4-15(5-2,6-3)12-13(16)14-10-8-7-9-11-14/h4-12H2,1-3H3/q+1. The molecule has 3 heteroatoms. The van der Waals surface area contributed by atoms with Crippen LogP contribution in [0, 0.1) is 0 Å². The van der Waals surface area contributed by atoms with E-state index in [0.717, 1.165) is 37.2 Å². The average Bonchev–Trinajstić information content (AvgIpc) is 2.37. The predicted molar refractivity (Wildman–Crippen MR) is 67.2 cm³/mol. The Balaban J connectivity index is 2.53. The molecule has 1 heterocycles. The Labute approximate surface area is 100 Å². The molecule has 1 aliphatic heterocycles. The molecule has 3 nitrogen and oxygen atoms in total. The number of quaternary nitrogens is 1. The highest BCUT2D eigenvalue weighted by atomic mass is 16.2. The first-order valence-electron chi connectivity index (χ1n) is 6.80. The van der Waals surface area contributed by atoms with Gasteiger partial charge in [-0.1, -0.05) is 0 Å². The van der Waals surface area contributed by atoms with Gasteiger partial charge >= 0.3 is 0 Å². The van der Waals surface area contributed by atoms with Crippen molar-refractivity contribution in [1.82, 2.24) is 4.90 Å². The molecule has 0 N–H and O–H groups in total. The van der Waals surface area contributed by atoms with E-state index < -0.39 is 0 Å². The molecule has 0 aliphatic carbocycles. The van der Waals surface area contributed by atoms with Crippen LogP contribution in [0.25, 0.3) is 0 Å². The van der Waals surface area contributed by atoms with E-state index in [1.165, 1.54) is 19.3 Å². The molecular formula is C13H27N2O+. The Bertz CT molecular complexity index is 210. The van der Waals surface area contributed by atoms with E-state index in [4.69, 9.17) is 0 Å². The summed E-state index contributed by atoms with van der Waals surface area (Å²) in [5.41, 5.74) is 0. The third-order valence-corrected chi connectivity index (χ3v) is 4.19. The summed E-state index contributed by atoms with van der Waals surface area (Å²) in [4.78, 5) is 14.3. The van der Waals surface area contributed by atoms with Crippen molar-refractivity contribution in [2.45, 2.75) is 40.0 Å². The van der Waals surface area contributed by atoms with Crippen LogP contribution in [-0.4, -0.2) is 54.6 Å². The lowest BCUT2D eigenvalue weighted by Gasteiger charge is -2.37. The number of amides is 1. The van der Waals surface area contributed by atoms with E-state index in [-0.39, 0.29) is 0 Å². The van der Waals surface area contributed by atoms with Crippen LogP contribution >= 0.6 is 0 Å². The fourth-order valence-electron chi connectivity index (χ4n) is 2.54. The summed E-state index contributed by atoms with van der Waals surface area (Å²) in [5.74, 6) is 0.366. The zero-order valence-electron chi connectivity index (χ0n) is 11.2. The number of rotatable bonds is 5. The molecule has 0 atom stereocenters. The van der Waals surface area contributed by atoms with Crippen LogP contribution in [0.4, 0.5) is 0 Å². The van der Waals surface area contributed by atoms with Crippen LogP contribution in [0.15, 0.2) is 0 Å². The molecule has 1 rings (SSSR count). The lowest BCUT2D eigenvalue weighted by atomic mass is 10.1. The van der Waals surface area contributed by atoms with Crippen LogP contribution in [0.5, 0.6) is 0 Å². The molecule has 0 bridgehead atoms. The second-order valence-corrected chi connectivity index (χ2v) is 4.89. The summed E-state index contributed by atoms with van der Waals surface area (Å²) >= 11 is 0. The Hall–Kier alpha value is -0.570. The number of likely N-dealkylation sites (tertiary alicyclic amines) is 1. The lowest BCUT2D eigenvalue weighted by molar-refractivity contribution is -0.916. The van der Waals surface area contributed by atoms with Gasteiger partial charge in [0.05, 0.1) is 19.6 Å². The number of piperidine rings is 1. The monoisotopic (exact) mass is 227 g/mol. The molecule has 0 radical (unpaired) electrons. The van der Waals surface area contributed by atoms with Gasteiger partial charge in [-0.25, -0.2) is 0 Å². The molecule has 0 aromatic heterocycles. The van der Waals surface area contributed by atoms with Crippen LogP contribution in [-0.2, 0) is 4.79 Å². The van der Waals surface area contributed by atoms with Crippen molar-refractivity contribution in [3.63, 3.8) is 0 Å². The van der Waals surface area contributed by atoms with Gasteiger partial charge < -0.3 is 9.38 Å². The third kappa shape index (κ3) is 3.21. The predicted octanol–water partition coefficient (Wildman–Crippen LogP) is 1.88. The minimum atomic E-state index is 0.366. The van der Waals surface area contributed by atoms with Crippen molar-refractivity contribution in [1.29, 1.82) is 0 Å². The zero-order chi connectivity index (χ0) is 12.0. The van der Waals surface area contributed by atoms with Gasteiger partial charge in [-0.2, -0.15) is 0 Å². The van der Waals surface area contributed by atoms with Crippen molar-refractivity contribution in [2.75, 3.05) is 39.3 Å². The first-order chi connectivity index (χ1) is 7.67. The number of carbonyl (C=O) groups excluding carboxylic acids is 1. The molecule has 0 unspecified atom stereocenters. The second-order valence-electron chi connectivity index (χ2n) is 4.89. The van der Waals surface area contributed by atoms with Gasteiger partial charge in [-0.15, -0.1) is 0 Å². The fourth-order valence-corrected chi connectivity index (χ4v) is 2.54. The highest BCUT2D eigenvalue weighted by Gasteiger charge is 2.28. The SMILES string of the molecule is CC[N+](CC)(CC)CC(=O)N1CCCCC1. The Morgan fingerprint density at radius 1 is 1.00 bits per heavy atom. The van der Waals surface area contributed by atoms with Crippen molar-refractivity contribution in [2.24, 2.45) is 0 Å². The van der Waals surface area contributed by atoms with Crippen molar-refractivity contribution < 1.29 is 9.28 Å². The minimum absolute atomic E-state index is 0.366. The topological polar surface area (TPSA) is 20.3 Å². The summed E-state index contributed by atoms with van der Waals surface area (Å²) in [6.07, 6.45) is 3.67. The van der Waals surface area contributed by atoms with Crippen LogP contribution < -0.4 is 0 Å². The van der Waals surface area contributed by atoms with E-state index in [2.05, 4.69) is 25.7 Å².